The predicted octanol–water partition coefficient (Wildman–Crippen LogP) is -1.10. The van der Waals surface area contributed by atoms with E-state index in [9.17, 15) is 0 Å². The first-order valence-corrected chi connectivity index (χ1v) is 4.38. The molecule has 1 unspecified atom stereocenters. The Labute approximate surface area is 79.2 Å². The standard InChI is InChI=1S/C8H20N2O3/c1-12-8(13-2)5-7(6-9)10-3-4-11/h7-8,10-11H,3-6,9H2,1-2H3. The molecule has 0 aliphatic heterocycles. The molecule has 0 aromatic heterocycles. The van der Waals surface area contributed by atoms with Crippen molar-refractivity contribution in [3.8, 4) is 0 Å². The Hall–Kier alpha value is -0.200. The minimum Gasteiger partial charge on any atom is -0.395 e. The van der Waals surface area contributed by atoms with Crippen molar-refractivity contribution in [3.05, 3.63) is 0 Å². The summed E-state index contributed by atoms with van der Waals surface area (Å²) in [5.74, 6) is 0. The molecule has 0 rings (SSSR count). The normalized spacial score (nSPS) is 13.6. The smallest absolute Gasteiger partial charge is 0.158 e. The van der Waals surface area contributed by atoms with Gasteiger partial charge in [-0.05, 0) is 0 Å². The van der Waals surface area contributed by atoms with Crippen molar-refractivity contribution in [2.75, 3.05) is 33.9 Å². The summed E-state index contributed by atoms with van der Waals surface area (Å²) in [5, 5.41) is 11.7. The summed E-state index contributed by atoms with van der Waals surface area (Å²) >= 11 is 0. The summed E-state index contributed by atoms with van der Waals surface area (Å²) in [7, 11) is 3.18. The van der Waals surface area contributed by atoms with Crippen LogP contribution in [0.1, 0.15) is 6.42 Å². The number of aliphatic hydroxyl groups excluding tert-OH is 1. The highest BCUT2D eigenvalue weighted by molar-refractivity contribution is 4.68. The average molecular weight is 192 g/mol. The highest BCUT2D eigenvalue weighted by Gasteiger charge is 2.13. The van der Waals surface area contributed by atoms with Gasteiger partial charge in [-0.3, -0.25) is 0 Å². The van der Waals surface area contributed by atoms with Gasteiger partial charge in [0.2, 0.25) is 0 Å². The molecule has 0 aromatic carbocycles. The fourth-order valence-corrected chi connectivity index (χ4v) is 1.05. The van der Waals surface area contributed by atoms with Gasteiger partial charge in [0.05, 0.1) is 6.61 Å². The van der Waals surface area contributed by atoms with E-state index in [1.54, 1.807) is 14.2 Å². The highest BCUT2D eigenvalue weighted by atomic mass is 16.7. The third-order valence-electron chi connectivity index (χ3n) is 1.83. The van der Waals surface area contributed by atoms with Crippen LogP contribution in [-0.4, -0.2) is 51.4 Å². The lowest BCUT2D eigenvalue weighted by atomic mass is 10.2. The van der Waals surface area contributed by atoms with Gasteiger partial charge in [-0.25, -0.2) is 0 Å². The zero-order valence-corrected chi connectivity index (χ0v) is 8.32. The second kappa shape index (κ2) is 8.40. The van der Waals surface area contributed by atoms with Gasteiger partial charge in [-0.15, -0.1) is 0 Å². The Bertz CT molecular complexity index is 110. The number of aliphatic hydroxyl groups is 1. The molecule has 0 fully saturated rings. The molecule has 0 amide bonds. The molecule has 1 atom stereocenters. The van der Waals surface area contributed by atoms with Gasteiger partial charge in [0.25, 0.3) is 0 Å². The number of methoxy groups -OCH3 is 2. The average Bonchev–Trinajstić information content (AvgIpc) is 2.19. The third-order valence-corrected chi connectivity index (χ3v) is 1.83. The zero-order valence-electron chi connectivity index (χ0n) is 8.32. The lowest BCUT2D eigenvalue weighted by Gasteiger charge is -2.21. The number of hydrogen-bond donors (Lipinski definition) is 3. The molecule has 13 heavy (non-hydrogen) atoms. The van der Waals surface area contributed by atoms with Crippen molar-refractivity contribution in [1.82, 2.24) is 5.32 Å². The molecule has 0 aromatic rings. The molecule has 0 radical (unpaired) electrons. The number of rotatable bonds is 8. The van der Waals surface area contributed by atoms with Crippen LogP contribution < -0.4 is 11.1 Å². The molecule has 0 heterocycles. The molecule has 0 spiro atoms. The molecule has 0 bridgehead atoms. The van der Waals surface area contributed by atoms with E-state index in [0.717, 1.165) is 0 Å². The van der Waals surface area contributed by atoms with Crippen LogP contribution in [0, 0.1) is 0 Å². The summed E-state index contributed by atoms with van der Waals surface area (Å²) in [6.45, 7) is 1.16. The van der Waals surface area contributed by atoms with Crippen LogP contribution in [0.4, 0.5) is 0 Å². The van der Waals surface area contributed by atoms with E-state index in [0.29, 0.717) is 19.5 Å². The maximum atomic E-state index is 8.59. The summed E-state index contributed by atoms with van der Waals surface area (Å²) in [5.41, 5.74) is 5.52. The molecule has 0 saturated heterocycles. The van der Waals surface area contributed by atoms with Gasteiger partial charge in [0, 0.05) is 39.8 Å². The number of nitrogens with two attached hydrogens (primary N) is 1. The number of ether oxygens (including phenoxy) is 2. The maximum Gasteiger partial charge on any atom is 0.158 e. The van der Waals surface area contributed by atoms with E-state index in [-0.39, 0.29) is 18.9 Å². The molecule has 0 aliphatic rings. The van der Waals surface area contributed by atoms with E-state index in [2.05, 4.69) is 5.32 Å². The third kappa shape index (κ3) is 5.95. The number of nitrogens with one attached hydrogen (secondary N) is 1. The van der Waals surface area contributed by atoms with Crippen molar-refractivity contribution < 1.29 is 14.6 Å². The van der Waals surface area contributed by atoms with Crippen molar-refractivity contribution in [1.29, 1.82) is 0 Å². The fraction of sp³-hybridized carbons (Fsp3) is 1.00. The van der Waals surface area contributed by atoms with Gasteiger partial charge in [-0.1, -0.05) is 0 Å². The second-order valence-corrected chi connectivity index (χ2v) is 2.75. The second-order valence-electron chi connectivity index (χ2n) is 2.75. The molecule has 0 saturated carbocycles. The van der Waals surface area contributed by atoms with Gasteiger partial charge < -0.3 is 25.6 Å². The van der Waals surface area contributed by atoms with Crippen LogP contribution in [0.15, 0.2) is 0 Å². The summed E-state index contributed by atoms with van der Waals surface area (Å²) in [6.07, 6.45) is 0.448. The van der Waals surface area contributed by atoms with Crippen molar-refractivity contribution in [2.45, 2.75) is 18.8 Å². The summed E-state index contributed by atoms with van der Waals surface area (Å²) in [4.78, 5) is 0. The van der Waals surface area contributed by atoms with Gasteiger partial charge >= 0.3 is 0 Å². The lowest BCUT2D eigenvalue weighted by Crippen LogP contribution is -2.40. The molecule has 5 nitrogen and oxygen atoms in total. The summed E-state index contributed by atoms with van der Waals surface area (Å²) in [6, 6.07) is 0.122. The van der Waals surface area contributed by atoms with Crippen molar-refractivity contribution >= 4 is 0 Å². The Kier molecular flexibility index (Phi) is 8.27. The molecule has 4 N–H and O–H groups in total. The SMILES string of the molecule is COC(CC(CN)NCCO)OC. The minimum absolute atomic E-state index is 0.112. The van der Waals surface area contributed by atoms with Crippen LogP contribution in [0.25, 0.3) is 0 Å². The molecule has 80 valence electrons. The van der Waals surface area contributed by atoms with Gasteiger partial charge in [0.1, 0.15) is 0 Å². The Morgan fingerprint density at radius 1 is 1.38 bits per heavy atom. The minimum atomic E-state index is -0.236. The van der Waals surface area contributed by atoms with Crippen LogP contribution in [0.2, 0.25) is 0 Å². The molecular formula is C8H20N2O3. The van der Waals surface area contributed by atoms with Gasteiger partial charge in [0.15, 0.2) is 6.29 Å². The zero-order chi connectivity index (χ0) is 10.1. The topological polar surface area (TPSA) is 76.7 Å². The lowest BCUT2D eigenvalue weighted by molar-refractivity contribution is -0.110. The maximum absolute atomic E-state index is 8.59. The molecular weight excluding hydrogens is 172 g/mol. The van der Waals surface area contributed by atoms with Crippen LogP contribution in [-0.2, 0) is 9.47 Å². The first-order chi connectivity index (χ1) is 6.28. The Morgan fingerprint density at radius 2 is 2.00 bits per heavy atom. The Morgan fingerprint density at radius 3 is 2.38 bits per heavy atom. The first-order valence-electron chi connectivity index (χ1n) is 4.38. The van der Waals surface area contributed by atoms with Crippen LogP contribution in [0.3, 0.4) is 0 Å². The van der Waals surface area contributed by atoms with E-state index < -0.39 is 0 Å². The summed E-state index contributed by atoms with van der Waals surface area (Å²) < 4.78 is 10.1. The largest absolute Gasteiger partial charge is 0.395 e. The number of hydrogen-bond acceptors (Lipinski definition) is 5. The van der Waals surface area contributed by atoms with E-state index in [4.69, 9.17) is 20.3 Å². The van der Waals surface area contributed by atoms with Crippen molar-refractivity contribution in [3.63, 3.8) is 0 Å². The van der Waals surface area contributed by atoms with Crippen molar-refractivity contribution in [2.24, 2.45) is 5.73 Å². The fourth-order valence-electron chi connectivity index (χ4n) is 1.05. The van der Waals surface area contributed by atoms with Crippen LogP contribution in [0.5, 0.6) is 0 Å². The Balaban J connectivity index is 3.67. The highest BCUT2D eigenvalue weighted by Crippen LogP contribution is 2.01. The van der Waals surface area contributed by atoms with Gasteiger partial charge in [-0.2, -0.15) is 0 Å². The van der Waals surface area contributed by atoms with E-state index >= 15 is 0 Å². The quantitative estimate of drug-likeness (QED) is 0.426. The van der Waals surface area contributed by atoms with E-state index in [1.807, 2.05) is 0 Å². The molecule has 5 heteroatoms. The van der Waals surface area contributed by atoms with Crippen LogP contribution >= 0.6 is 0 Å². The predicted molar refractivity (Wildman–Crippen MR) is 50.4 cm³/mol. The monoisotopic (exact) mass is 192 g/mol. The molecule has 0 aliphatic carbocycles. The first kappa shape index (κ1) is 12.8. The van der Waals surface area contributed by atoms with E-state index in [1.165, 1.54) is 0 Å².